The number of rotatable bonds is 7. The van der Waals surface area contributed by atoms with Gasteiger partial charge in [-0.25, -0.2) is 13.1 Å². The molecule has 0 fully saturated rings. The van der Waals surface area contributed by atoms with Crippen LogP contribution in [0.5, 0.6) is 0 Å². The summed E-state index contributed by atoms with van der Waals surface area (Å²) in [5.74, 6) is 0.661. The quantitative estimate of drug-likeness (QED) is 0.486. The molecule has 0 unspecified atom stereocenters. The molecule has 1 heterocycles. The van der Waals surface area contributed by atoms with Crippen molar-refractivity contribution in [1.29, 1.82) is 0 Å². The number of hydrogen-bond donors (Lipinski definition) is 3. The lowest BCUT2D eigenvalue weighted by atomic mass is 10.1. The lowest BCUT2D eigenvalue weighted by Crippen LogP contribution is -2.36. The smallest absolute Gasteiger partial charge is 0.215 e. The number of aromatic nitrogens is 2. The molecule has 0 aliphatic carbocycles. The Balaban J connectivity index is 1.86. The van der Waals surface area contributed by atoms with E-state index in [1.165, 1.54) is 7.05 Å². The molecule has 2 aromatic rings. The molecule has 0 radical (unpaired) electrons. The Bertz CT molecular complexity index is 811. The minimum Gasteiger partial charge on any atom is -0.352 e. The van der Waals surface area contributed by atoms with Gasteiger partial charge in [-0.05, 0) is 24.2 Å². The Kier molecular flexibility index (Phi) is 6.54. The topological polar surface area (TPSA) is 100 Å². The molecule has 0 saturated carbocycles. The summed E-state index contributed by atoms with van der Waals surface area (Å²) in [7, 11) is 1.77. The van der Waals surface area contributed by atoms with Crippen molar-refractivity contribution in [3.63, 3.8) is 0 Å². The molecule has 0 bridgehead atoms. The molecule has 0 saturated heterocycles. The van der Waals surface area contributed by atoms with Crippen LogP contribution in [0.2, 0.25) is 0 Å². The third-order valence-corrected chi connectivity index (χ3v) is 5.07. The van der Waals surface area contributed by atoms with Crippen LogP contribution in [0.25, 0.3) is 0 Å². The largest absolute Gasteiger partial charge is 0.352 e. The minimum absolute atomic E-state index is 0.0227. The highest BCUT2D eigenvalue weighted by atomic mass is 32.2. The summed E-state index contributed by atoms with van der Waals surface area (Å²) in [5, 5.41) is 10.6. The summed E-state index contributed by atoms with van der Waals surface area (Å²) < 4.78 is 27.2. The summed E-state index contributed by atoms with van der Waals surface area (Å²) in [6, 6.07) is 9.39. The number of hydrogen-bond acceptors (Lipinski definition) is 4. The van der Waals surface area contributed by atoms with Crippen LogP contribution in [0, 0.1) is 0 Å². The van der Waals surface area contributed by atoms with Gasteiger partial charge in [-0.15, -0.1) is 0 Å². The maximum Gasteiger partial charge on any atom is 0.215 e. The average molecular weight is 364 g/mol. The molecular formula is C16H24N6O2S. The van der Waals surface area contributed by atoms with Crippen molar-refractivity contribution in [2.45, 2.75) is 18.8 Å². The van der Waals surface area contributed by atoms with E-state index in [0.717, 1.165) is 16.8 Å². The summed E-state index contributed by atoms with van der Waals surface area (Å²) >= 11 is 0. The Morgan fingerprint density at radius 2 is 1.76 bits per heavy atom. The number of sulfonamides is 1. The predicted octanol–water partition coefficient (Wildman–Crippen LogP) is 0.335. The molecule has 2 rings (SSSR count). The van der Waals surface area contributed by atoms with Crippen molar-refractivity contribution in [3.8, 4) is 0 Å². The molecule has 8 nitrogen and oxygen atoms in total. The molecule has 0 aliphatic rings. The van der Waals surface area contributed by atoms with Crippen LogP contribution in [0.15, 0.2) is 41.5 Å². The fourth-order valence-corrected chi connectivity index (χ4v) is 2.98. The van der Waals surface area contributed by atoms with E-state index in [4.69, 9.17) is 0 Å². The van der Waals surface area contributed by atoms with E-state index >= 15 is 0 Å². The molecule has 3 N–H and O–H groups in total. The highest BCUT2D eigenvalue weighted by molar-refractivity contribution is 7.88. The van der Waals surface area contributed by atoms with Gasteiger partial charge in [0.15, 0.2) is 5.96 Å². The van der Waals surface area contributed by atoms with Gasteiger partial charge >= 0.3 is 0 Å². The van der Waals surface area contributed by atoms with Crippen molar-refractivity contribution >= 4 is 16.0 Å². The van der Waals surface area contributed by atoms with Crippen LogP contribution in [-0.4, -0.2) is 38.3 Å². The normalized spacial score (nSPS) is 12.2. The maximum atomic E-state index is 11.5. The summed E-state index contributed by atoms with van der Waals surface area (Å²) in [6.07, 6.45) is 1.75. The molecule has 0 aliphatic heterocycles. The lowest BCUT2D eigenvalue weighted by Gasteiger charge is -2.12. The second kappa shape index (κ2) is 8.63. The van der Waals surface area contributed by atoms with Crippen LogP contribution in [0.4, 0.5) is 0 Å². The minimum atomic E-state index is -3.25. The SMILES string of the molecule is CN=C(NCc1ccc(CS(=O)(=O)NC)cc1)NCc1ccnn1C. The number of guanidine groups is 1. The zero-order chi connectivity index (χ0) is 18.3. The van der Waals surface area contributed by atoms with E-state index in [9.17, 15) is 8.42 Å². The third kappa shape index (κ3) is 5.87. The van der Waals surface area contributed by atoms with Crippen LogP contribution in [0.1, 0.15) is 16.8 Å². The number of aliphatic imine (C=N–C) groups is 1. The summed E-state index contributed by atoms with van der Waals surface area (Å²) in [6.45, 7) is 1.21. The van der Waals surface area contributed by atoms with Crippen molar-refractivity contribution in [3.05, 3.63) is 53.3 Å². The van der Waals surface area contributed by atoms with Gasteiger partial charge in [0.2, 0.25) is 10.0 Å². The molecule has 25 heavy (non-hydrogen) atoms. The first-order valence-electron chi connectivity index (χ1n) is 7.84. The van der Waals surface area contributed by atoms with E-state index in [-0.39, 0.29) is 5.75 Å². The fraction of sp³-hybridized carbons (Fsp3) is 0.375. The second-order valence-electron chi connectivity index (χ2n) is 5.51. The molecule has 1 aromatic heterocycles. The van der Waals surface area contributed by atoms with Gasteiger partial charge in [-0.1, -0.05) is 24.3 Å². The predicted molar refractivity (Wildman–Crippen MR) is 98.4 cm³/mol. The lowest BCUT2D eigenvalue weighted by molar-refractivity contribution is 0.587. The number of benzene rings is 1. The Morgan fingerprint density at radius 1 is 1.12 bits per heavy atom. The summed E-state index contributed by atoms with van der Waals surface area (Å²) in [4.78, 5) is 4.19. The Hall–Kier alpha value is -2.39. The first kappa shape index (κ1) is 18.9. The molecular weight excluding hydrogens is 340 g/mol. The highest BCUT2D eigenvalue weighted by Gasteiger charge is 2.08. The zero-order valence-electron chi connectivity index (χ0n) is 14.7. The number of nitrogens with zero attached hydrogens (tertiary/aromatic N) is 3. The van der Waals surface area contributed by atoms with Crippen LogP contribution in [0.3, 0.4) is 0 Å². The Labute approximate surface area is 148 Å². The van der Waals surface area contributed by atoms with Crippen LogP contribution in [-0.2, 0) is 35.9 Å². The van der Waals surface area contributed by atoms with Gasteiger partial charge in [-0.2, -0.15) is 5.10 Å². The standard InChI is InChI=1S/C16H24N6O2S/c1-17-16(20-11-15-8-9-21-22(15)3)19-10-13-4-6-14(7-5-13)12-25(23,24)18-2/h4-9,18H,10-12H2,1-3H3,(H2,17,19,20). The van der Waals surface area contributed by atoms with Gasteiger partial charge < -0.3 is 10.6 Å². The van der Waals surface area contributed by atoms with Gasteiger partial charge in [-0.3, -0.25) is 9.67 Å². The average Bonchev–Trinajstić information content (AvgIpc) is 3.01. The highest BCUT2D eigenvalue weighted by Crippen LogP contribution is 2.07. The van der Waals surface area contributed by atoms with E-state index in [1.807, 2.05) is 37.4 Å². The molecule has 1 aromatic carbocycles. The molecule has 0 amide bonds. The van der Waals surface area contributed by atoms with E-state index in [1.54, 1.807) is 17.9 Å². The summed E-state index contributed by atoms with van der Waals surface area (Å²) in [5.41, 5.74) is 2.84. The molecule has 136 valence electrons. The first-order chi connectivity index (χ1) is 11.9. The molecule has 0 spiro atoms. The van der Waals surface area contributed by atoms with E-state index in [2.05, 4.69) is 25.4 Å². The van der Waals surface area contributed by atoms with Crippen LogP contribution < -0.4 is 15.4 Å². The monoisotopic (exact) mass is 364 g/mol. The molecule has 0 atom stereocenters. The van der Waals surface area contributed by atoms with Crippen molar-refractivity contribution in [2.24, 2.45) is 12.0 Å². The van der Waals surface area contributed by atoms with Gasteiger partial charge in [0.1, 0.15) is 0 Å². The van der Waals surface area contributed by atoms with Gasteiger partial charge in [0.25, 0.3) is 0 Å². The van der Waals surface area contributed by atoms with E-state index in [0.29, 0.717) is 19.0 Å². The second-order valence-corrected chi connectivity index (χ2v) is 7.43. The van der Waals surface area contributed by atoms with Gasteiger partial charge in [0.05, 0.1) is 18.0 Å². The van der Waals surface area contributed by atoms with Crippen molar-refractivity contribution in [2.75, 3.05) is 14.1 Å². The Morgan fingerprint density at radius 3 is 2.32 bits per heavy atom. The molecule has 9 heteroatoms. The number of aryl methyl sites for hydroxylation is 1. The maximum absolute atomic E-state index is 11.5. The van der Waals surface area contributed by atoms with Crippen molar-refractivity contribution < 1.29 is 8.42 Å². The third-order valence-electron chi connectivity index (χ3n) is 3.73. The van der Waals surface area contributed by atoms with Gasteiger partial charge in [0, 0.05) is 26.8 Å². The first-order valence-corrected chi connectivity index (χ1v) is 9.49. The van der Waals surface area contributed by atoms with Crippen molar-refractivity contribution in [1.82, 2.24) is 25.1 Å². The zero-order valence-corrected chi connectivity index (χ0v) is 15.5. The number of nitrogens with one attached hydrogen (secondary N) is 3. The van der Waals surface area contributed by atoms with Crippen LogP contribution >= 0.6 is 0 Å². The van der Waals surface area contributed by atoms with E-state index < -0.39 is 10.0 Å². The fourth-order valence-electron chi connectivity index (χ4n) is 2.20.